The van der Waals surface area contributed by atoms with E-state index in [-0.39, 0.29) is 64.5 Å². The van der Waals surface area contributed by atoms with Crippen molar-refractivity contribution < 1.29 is 6.85 Å². The number of hydrogen-bond donors (Lipinski definition) is 0. The van der Waals surface area contributed by atoms with Gasteiger partial charge in [0.15, 0.2) is 0 Å². The molecule has 10 aromatic carbocycles. The van der Waals surface area contributed by atoms with Crippen molar-refractivity contribution in [1.29, 1.82) is 0 Å². The van der Waals surface area contributed by atoms with Crippen LogP contribution in [0.25, 0.3) is 55.6 Å². The second-order valence-corrected chi connectivity index (χ2v) is 27.6. The van der Waals surface area contributed by atoms with E-state index in [0.717, 1.165) is 83.9 Å². The van der Waals surface area contributed by atoms with E-state index in [4.69, 9.17) is 1.37 Å². The molecule has 0 N–H and O–H groups in total. The number of fused-ring (bicyclic) bond motifs is 4. The average molecular weight is 1100 g/mol. The molecule has 10 aromatic rings. The van der Waals surface area contributed by atoms with Crippen molar-refractivity contribution in [1.82, 2.24) is 0 Å². The molecule has 0 spiro atoms. The van der Waals surface area contributed by atoms with E-state index in [9.17, 15) is 5.48 Å². The number of benzene rings is 10. The van der Waals surface area contributed by atoms with Crippen molar-refractivity contribution in [3.05, 3.63) is 246 Å². The Hall–Kier alpha value is -8.14. The summed E-state index contributed by atoms with van der Waals surface area (Å²) in [4.78, 5) is 4.89. The lowest BCUT2D eigenvalue weighted by atomic mass is 9.33. The monoisotopic (exact) mass is 1100 g/mol. The first kappa shape index (κ1) is 50.4. The molecule has 0 atom stereocenters. The molecule has 2 aliphatic heterocycles. The predicted molar refractivity (Wildman–Crippen MR) is 366 cm³/mol. The molecular formula is C81H83BN2. The Balaban J connectivity index is 1.29. The van der Waals surface area contributed by atoms with Crippen molar-refractivity contribution in [2.24, 2.45) is 0 Å². The number of hydrogen-bond acceptors (Lipinski definition) is 2. The Kier molecular flexibility index (Phi) is 12.9. The summed E-state index contributed by atoms with van der Waals surface area (Å²) in [5, 5.41) is 0. The molecule has 0 aromatic heterocycles. The van der Waals surface area contributed by atoms with E-state index >= 15 is 0 Å². The largest absolute Gasteiger partial charge is 0.311 e. The minimum Gasteiger partial charge on any atom is -0.311 e. The fourth-order valence-electron chi connectivity index (χ4n) is 13.0. The van der Waals surface area contributed by atoms with Gasteiger partial charge in [0.1, 0.15) is 0 Å². The second kappa shape index (κ2) is 21.5. The number of rotatable bonds is 10. The van der Waals surface area contributed by atoms with Crippen molar-refractivity contribution in [2.45, 2.75) is 138 Å². The zero-order chi connectivity index (χ0) is 63.5. The van der Waals surface area contributed by atoms with E-state index in [0.29, 0.717) is 11.5 Å². The highest BCUT2D eigenvalue weighted by Crippen LogP contribution is 2.53. The number of para-hydroxylation sites is 1. The molecule has 420 valence electrons. The first-order chi connectivity index (χ1) is 42.1. The second-order valence-electron chi connectivity index (χ2n) is 27.6. The Labute approximate surface area is 510 Å². The lowest BCUT2D eigenvalue weighted by Crippen LogP contribution is -2.61. The molecule has 0 saturated carbocycles. The molecular weight excluding hydrogens is 1010 g/mol. The molecule has 0 radical (unpaired) electrons. The highest BCUT2D eigenvalue weighted by atomic mass is 15.2. The zero-order valence-electron chi connectivity index (χ0n) is 57.0. The quantitative estimate of drug-likeness (QED) is 0.126. The van der Waals surface area contributed by atoms with Gasteiger partial charge < -0.3 is 9.80 Å². The van der Waals surface area contributed by atoms with Gasteiger partial charge >= 0.3 is 0 Å². The van der Waals surface area contributed by atoms with Gasteiger partial charge in [-0.25, -0.2) is 0 Å². The zero-order valence-corrected chi connectivity index (χ0v) is 52.0. The Morgan fingerprint density at radius 3 is 1.43 bits per heavy atom. The molecule has 84 heavy (non-hydrogen) atoms. The van der Waals surface area contributed by atoms with Gasteiger partial charge in [-0.3, -0.25) is 0 Å². The smallest absolute Gasteiger partial charge is 0.252 e. The molecule has 0 fully saturated rings. The standard InChI is InChI=1S/C81H83BN2/c1-51(2)60-45-68(52(3)4)76(69(46-60)53(5)6)59-37-42-72-71(47-59)82-70-41-38-64(81(13,14)15)50-73(70)83(65-39-35-56(36-40-65)54-25-18-16-19-26-54)74-48-61(55-27-20-17-21-28-55)49-75(77(74)82)84(72)78-66(57-29-22-31-62(43-57)79(7,8)9)33-24-34-67(78)58-30-23-32-63(44-58)80(10,11)12/h16-53H,1-15H3/i17D,20D,21D,27D,28D. The van der Waals surface area contributed by atoms with Gasteiger partial charge in [-0.05, 0) is 165 Å². The third-order valence-corrected chi connectivity index (χ3v) is 17.7. The Morgan fingerprint density at radius 1 is 0.369 bits per heavy atom. The van der Waals surface area contributed by atoms with E-state index in [2.05, 4.69) is 290 Å². The van der Waals surface area contributed by atoms with Crippen LogP contribution in [0.15, 0.2) is 212 Å². The maximum absolute atomic E-state index is 9.73. The third-order valence-electron chi connectivity index (χ3n) is 17.7. The van der Waals surface area contributed by atoms with E-state index in [1.165, 1.54) is 44.5 Å². The minimum atomic E-state index is -0.424. The maximum Gasteiger partial charge on any atom is 0.252 e. The van der Waals surface area contributed by atoms with Gasteiger partial charge in [0, 0.05) is 39.6 Å². The van der Waals surface area contributed by atoms with Crippen LogP contribution in [0, 0.1) is 0 Å². The number of nitrogens with zero attached hydrogens (tertiary/aromatic N) is 2. The van der Waals surface area contributed by atoms with Crippen LogP contribution in [0.1, 0.15) is 162 Å². The van der Waals surface area contributed by atoms with Crippen molar-refractivity contribution >= 4 is 57.2 Å². The summed E-state index contributed by atoms with van der Waals surface area (Å²) in [6.45, 7) is 34.0. The summed E-state index contributed by atoms with van der Waals surface area (Å²) in [6.07, 6.45) is 0. The molecule has 0 bridgehead atoms. The molecule has 0 amide bonds. The molecule has 2 heterocycles. The maximum atomic E-state index is 9.73. The molecule has 12 rings (SSSR count). The SMILES string of the molecule is [2H]c1c([2H])c([2H])c(-c2cc3c4c(c2)N(c2c(-c5cccc(C(C)(C)C)c5)cccc2-c2cccc(C(C)(C)C)c2)c2ccc(-c5c(C(C)C)cc(C(C)C)cc5C(C)C)cc2B4c2ccc(C(C)(C)C)cc2N3c2ccc(-c3ccccc3)cc2)c([2H])c1[2H]. The molecule has 3 heteroatoms. The van der Waals surface area contributed by atoms with E-state index in [1.54, 1.807) is 0 Å². The van der Waals surface area contributed by atoms with Crippen LogP contribution in [0.5, 0.6) is 0 Å². The normalized spacial score (nSPS) is 14.0. The lowest BCUT2D eigenvalue weighted by molar-refractivity contribution is 0.590. The van der Waals surface area contributed by atoms with Crippen LogP contribution in [0.4, 0.5) is 34.1 Å². The van der Waals surface area contributed by atoms with E-state index in [1.807, 2.05) is 6.07 Å². The Bertz CT molecular complexity index is 4290. The van der Waals surface area contributed by atoms with Crippen LogP contribution in [0.2, 0.25) is 0 Å². The van der Waals surface area contributed by atoms with Gasteiger partial charge in [-0.1, -0.05) is 280 Å². The van der Waals surface area contributed by atoms with Gasteiger partial charge in [0.2, 0.25) is 0 Å². The lowest BCUT2D eigenvalue weighted by Gasteiger charge is -2.45. The topological polar surface area (TPSA) is 6.48 Å². The van der Waals surface area contributed by atoms with Crippen LogP contribution in [-0.4, -0.2) is 6.71 Å². The van der Waals surface area contributed by atoms with Crippen molar-refractivity contribution in [3.63, 3.8) is 0 Å². The first-order valence-corrected chi connectivity index (χ1v) is 30.4. The summed E-state index contributed by atoms with van der Waals surface area (Å²) in [6, 6.07) is 65.9. The minimum absolute atomic E-state index is 0.145. The third kappa shape index (κ3) is 10.2. The van der Waals surface area contributed by atoms with Crippen LogP contribution in [-0.2, 0) is 16.2 Å². The van der Waals surface area contributed by atoms with Gasteiger partial charge in [0.05, 0.1) is 12.5 Å². The Morgan fingerprint density at radius 2 is 0.881 bits per heavy atom. The first-order valence-electron chi connectivity index (χ1n) is 32.9. The van der Waals surface area contributed by atoms with Crippen molar-refractivity contribution in [2.75, 3.05) is 9.80 Å². The van der Waals surface area contributed by atoms with Crippen LogP contribution >= 0.6 is 0 Å². The predicted octanol–water partition coefficient (Wildman–Crippen LogP) is 21.4. The summed E-state index contributed by atoms with van der Waals surface area (Å²) >= 11 is 0. The molecule has 0 saturated heterocycles. The molecule has 0 unspecified atom stereocenters. The summed E-state index contributed by atoms with van der Waals surface area (Å²) < 4.78 is 46.7. The average Bonchev–Trinajstić information content (AvgIpc) is 0.706. The highest BCUT2D eigenvalue weighted by molar-refractivity contribution is 7.00. The molecule has 2 aliphatic rings. The van der Waals surface area contributed by atoms with Gasteiger partial charge in [0.25, 0.3) is 6.71 Å². The van der Waals surface area contributed by atoms with Gasteiger partial charge in [-0.15, -0.1) is 0 Å². The summed E-state index contributed by atoms with van der Waals surface area (Å²) in [5.74, 6) is 0.850. The fraction of sp³-hybridized carbons (Fsp3) is 0.259. The fourth-order valence-corrected chi connectivity index (χ4v) is 13.0. The number of anilines is 6. The summed E-state index contributed by atoms with van der Waals surface area (Å²) in [7, 11) is 0. The highest BCUT2D eigenvalue weighted by Gasteiger charge is 2.45. The van der Waals surface area contributed by atoms with Crippen LogP contribution in [0.3, 0.4) is 0 Å². The summed E-state index contributed by atoms with van der Waals surface area (Å²) in [5.41, 5.74) is 25.8. The van der Waals surface area contributed by atoms with Gasteiger partial charge in [-0.2, -0.15) is 0 Å². The van der Waals surface area contributed by atoms with E-state index < -0.39 is 6.04 Å². The molecule has 2 nitrogen and oxygen atoms in total. The van der Waals surface area contributed by atoms with Crippen molar-refractivity contribution in [3.8, 4) is 55.6 Å². The van der Waals surface area contributed by atoms with Crippen LogP contribution < -0.4 is 26.2 Å². The molecule has 0 aliphatic carbocycles.